The molecule has 0 heterocycles. The van der Waals surface area contributed by atoms with Crippen LogP contribution >= 0.6 is 0 Å². The van der Waals surface area contributed by atoms with Crippen LogP contribution in [0.5, 0.6) is 0 Å². The third-order valence-corrected chi connectivity index (χ3v) is 6.31. The van der Waals surface area contributed by atoms with E-state index in [1.807, 2.05) is 13.8 Å². The zero-order valence-electron chi connectivity index (χ0n) is 20.2. The third kappa shape index (κ3) is 11.8. The predicted octanol–water partition coefficient (Wildman–Crippen LogP) is 7.66. The molecular weight excluding hydrogens is 356 g/mol. The highest BCUT2D eigenvalue weighted by molar-refractivity contribution is 5.19. The predicted molar refractivity (Wildman–Crippen MR) is 127 cm³/mol. The summed E-state index contributed by atoms with van der Waals surface area (Å²) in [4.78, 5) is 0. The van der Waals surface area contributed by atoms with Crippen LogP contribution in [0.2, 0.25) is 0 Å². The quantitative estimate of drug-likeness (QED) is 0.259. The van der Waals surface area contributed by atoms with E-state index in [4.69, 9.17) is 0 Å². The van der Waals surface area contributed by atoms with Gasteiger partial charge in [-0.1, -0.05) is 62.1 Å². The second kappa shape index (κ2) is 12.7. The van der Waals surface area contributed by atoms with Gasteiger partial charge in [0.1, 0.15) is 0 Å². The summed E-state index contributed by atoms with van der Waals surface area (Å²) in [5, 5.41) is 19.7. The van der Waals surface area contributed by atoms with Gasteiger partial charge in [0.05, 0.1) is 11.7 Å². The van der Waals surface area contributed by atoms with Gasteiger partial charge in [0.15, 0.2) is 0 Å². The van der Waals surface area contributed by atoms with Gasteiger partial charge in [0.2, 0.25) is 0 Å². The highest BCUT2D eigenvalue weighted by Crippen LogP contribution is 2.36. The zero-order chi connectivity index (χ0) is 21.9. The Balaban J connectivity index is 2.48. The van der Waals surface area contributed by atoms with E-state index in [1.165, 1.54) is 24.0 Å². The molecule has 1 aliphatic carbocycles. The standard InChI is InChI=1S/C27H48O2/c1-7-12-24(15-8-9-20-27(5,6)29)26(3,4)19-11-13-22(2)17-18-23-14-10-16-25(28)21-23/h12,17-18,25,28-29H,7-11,13-16,19-21H2,1-6H3/b22-17-,23-18-,24-12-/t25-/m0/s1. The van der Waals surface area contributed by atoms with Crippen molar-refractivity contribution in [3.63, 3.8) is 0 Å². The molecule has 1 rings (SSSR count). The van der Waals surface area contributed by atoms with E-state index in [0.717, 1.165) is 64.2 Å². The first-order valence-electron chi connectivity index (χ1n) is 12.0. The summed E-state index contributed by atoms with van der Waals surface area (Å²) < 4.78 is 0. The molecule has 2 heteroatoms. The number of allylic oxidation sites excluding steroid dienone is 5. The Morgan fingerprint density at radius 1 is 1.07 bits per heavy atom. The van der Waals surface area contributed by atoms with Gasteiger partial charge in [-0.05, 0) is 96.8 Å². The fourth-order valence-electron chi connectivity index (χ4n) is 4.37. The first kappa shape index (κ1) is 26.2. The Morgan fingerprint density at radius 2 is 1.79 bits per heavy atom. The first-order chi connectivity index (χ1) is 13.5. The van der Waals surface area contributed by atoms with Gasteiger partial charge in [-0.15, -0.1) is 0 Å². The number of hydrogen-bond acceptors (Lipinski definition) is 2. The van der Waals surface area contributed by atoms with E-state index < -0.39 is 5.60 Å². The summed E-state index contributed by atoms with van der Waals surface area (Å²) in [6, 6.07) is 0. The Morgan fingerprint density at radius 3 is 2.41 bits per heavy atom. The number of aliphatic hydroxyl groups excluding tert-OH is 1. The topological polar surface area (TPSA) is 40.5 Å². The van der Waals surface area contributed by atoms with Gasteiger partial charge in [-0.3, -0.25) is 0 Å². The molecule has 1 saturated carbocycles. The van der Waals surface area contributed by atoms with E-state index in [9.17, 15) is 10.2 Å². The summed E-state index contributed by atoms with van der Waals surface area (Å²) in [5.41, 5.74) is 4.15. The molecule has 0 spiro atoms. The molecule has 0 aromatic rings. The Hall–Kier alpha value is -0.860. The van der Waals surface area contributed by atoms with E-state index in [2.05, 4.69) is 45.9 Å². The highest BCUT2D eigenvalue weighted by Gasteiger charge is 2.22. The van der Waals surface area contributed by atoms with Crippen molar-refractivity contribution in [1.29, 1.82) is 0 Å². The maximum absolute atomic E-state index is 9.92. The molecule has 168 valence electrons. The van der Waals surface area contributed by atoms with Gasteiger partial charge in [-0.2, -0.15) is 0 Å². The molecule has 0 aliphatic heterocycles. The molecular formula is C27H48O2. The van der Waals surface area contributed by atoms with Gasteiger partial charge < -0.3 is 10.2 Å². The lowest BCUT2D eigenvalue weighted by atomic mass is 9.76. The maximum Gasteiger partial charge on any atom is 0.0591 e. The molecule has 1 fully saturated rings. The lowest BCUT2D eigenvalue weighted by molar-refractivity contribution is 0.0681. The summed E-state index contributed by atoms with van der Waals surface area (Å²) >= 11 is 0. The molecule has 2 nitrogen and oxygen atoms in total. The Labute approximate surface area is 181 Å². The van der Waals surface area contributed by atoms with Crippen molar-refractivity contribution in [2.24, 2.45) is 5.41 Å². The minimum atomic E-state index is -0.543. The van der Waals surface area contributed by atoms with Gasteiger partial charge in [-0.25, -0.2) is 0 Å². The van der Waals surface area contributed by atoms with Crippen molar-refractivity contribution in [2.75, 3.05) is 0 Å². The van der Waals surface area contributed by atoms with E-state index in [1.54, 1.807) is 5.57 Å². The molecule has 0 radical (unpaired) electrons. The molecule has 29 heavy (non-hydrogen) atoms. The molecule has 0 saturated heterocycles. The van der Waals surface area contributed by atoms with Crippen molar-refractivity contribution >= 4 is 0 Å². The van der Waals surface area contributed by atoms with Crippen molar-refractivity contribution in [2.45, 2.75) is 130 Å². The van der Waals surface area contributed by atoms with Gasteiger partial charge in [0.25, 0.3) is 0 Å². The number of aliphatic hydroxyl groups is 2. The smallest absolute Gasteiger partial charge is 0.0591 e. The average Bonchev–Trinajstić information content (AvgIpc) is 2.61. The molecule has 0 aromatic carbocycles. The van der Waals surface area contributed by atoms with Crippen LogP contribution in [-0.2, 0) is 0 Å². The minimum Gasteiger partial charge on any atom is -0.393 e. The molecule has 1 aliphatic rings. The summed E-state index contributed by atoms with van der Waals surface area (Å²) in [6.45, 7) is 13.1. The van der Waals surface area contributed by atoms with Crippen LogP contribution < -0.4 is 0 Å². The number of hydrogen-bond donors (Lipinski definition) is 2. The molecule has 0 bridgehead atoms. The third-order valence-electron chi connectivity index (χ3n) is 6.31. The van der Waals surface area contributed by atoms with Crippen LogP contribution in [0.15, 0.2) is 34.9 Å². The lowest BCUT2D eigenvalue weighted by Gasteiger charge is -2.29. The summed E-state index contributed by atoms with van der Waals surface area (Å²) in [5.74, 6) is 0. The van der Waals surface area contributed by atoms with Crippen LogP contribution in [0.1, 0.15) is 119 Å². The number of rotatable bonds is 12. The fraction of sp³-hybridized carbons (Fsp3) is 0.778. The number of unbranched alkanes of at least 4 members (excludes halogenated alkanes) is 1. The summed E-state index contributed by atoms with van der Waals surface area (Å²) in [6.07, 6.45) is 19.9. The second-order valence-electron chi connectivity index (χ2n) is 10.5. The summed E-state index contributed by atoms with van der Waals surface area (Å²) in [7, 11) is 0. The van der Waals surface area contributed by atoms with Crippen molar-refractivity contribution in [1.82, 2.24) is 0 Å². The van der Waals surface area contributed by atoms with Crippen LogP contribution in [0.3, 0.4) is 0 Å². The Bertz CT molecular complexity index is 558. The van der Waals surface area contributed by atoms with Crippen LogP contribution in [0, 0.1) is 5.41 Å². The van der Waals surface area contributed by atoms with Gasteiger partial charge in [0, 0.05) is 0 Å². The highest BCUT2D eigenvalue weighted by atomic mass is 16.3. The molecule has 0 aromatic heterocycles. The monoisotopic (exact) mass is 404 g/mol. The van der Waals surface area contributed by atoms with Crippen LogP contribution in [-0.4, -0.2) is 21.9 Å². The first-order valence-corrected chi connectivity index (χ1v) is 12.0. The fourth-order valence-corrected chi connectivity index (χ4v) is 4.37. The average molecular weight is 405 g/mol. The minimum absolute atomic E-state index is 0.128. The van der Waals surface area contributed by atoms with Gasteiger partial charge >= 0.3 is 0 Å². The normalized spacial score (nSPS) is 21.1. The van der Waals surface area contributed by atoms with Crippen molar-refractivity contribution in [3.05, 3.63) is 34.9 Å². The van der Waals surface area contributed by atoms with Crippen LogP contribution in [0.4, 0.5) is 0 Å². The maximum atomic E-state index is 9.92. The second-order valence-corrected chi connectivity index (χ2v) is 10.5. The molecule has 1 atom stereocenters. The molecule has 0 amide bonds. The van der Waals surface area contributed by atoms with E-state index >= 15 is 0 Å². The van der Waals surface area contributed by atoms with E-state index in [0.29, 0.717) is 0 Å². The molecule has 0 unspecified atom stereocenters. The molecule has 2 N–H and O–H groups in total. The zero-order valence-corrected chi connectivity index (χ0v) is 20.2. The van der Waals surface area contributed by atoms with Crippen molar-refractivity contribution in [3.8, 4) is 0 Å². The largest absolute Gasteiger partial charge is 0.393 e. The lowest BCUT2D eigenvalue weighted by Crippen LogP contribution is -2.18. The SMILES string of the molecule is CC/C=C(/CCCCC(C)(C)O)C(C)(C)CCC/C(C)=C\C=C1\CCC[C@H](O)C1. The van der Waals surface area contributed by atoms with Crippen molar-refractivity contribution < 1.29 is 10.2 Å². The van der Waals surface area contributed by atoms with Crippen LogP contribution in [0.25, 0.3) is 0 Å². The van der Waals surface area contributed by atoms with E-state index in [-0.39, 0.29) is 11.5 Å². The Kier molecular flexibility index (Phi) is 11.5.